The molecule has 168 valence electrons. The first-order chi connectivity index (χ1) is 16.3. The van der Waals surface area contributed by atoms with Crippen LogP contribution in [0.2, 0.25) is 0 Å². The van der Waals surface area contributed by atoms with E-state index in [9.17, 15) is 0 Å². The van der Waals surface area contributed by atoms with E-state index >= 15 is 0 Å². The van der Waals surface area contributed by atoms with Crippen molar-refractivity contribution >= 4 is 17.3 Å². The molecule has 2 aromatic carbocycles. The van der Waals surface area contributed by atoms with Crippen molar-refractivity contribution in [1.82, 2.24) is 19.5 Å². The smallest absolute Gasteiger partial charge is 0.247 e. The van der Waals surface area contributed by atoms with Crippen LogP contribution in [0.4, 0.5) is 11.6 Å². The van der Waals surface area contributed by atoms with E-state index in [4.69, 9.17) is 14.6 Å². The lowest BCUT2D eigenvalue weighted by Crippen LogP contribution is -2.25. The molecule has 0 saturated carbocycles. The van der Waals surface area contributed by atoms with E-state index in [1.165, 1.54) is 31.5 Å². The van der Waals surface area contributed by atoms with Crippen molar-refractivity contribution in [2.45, 2.75) is 19.3 Å². The number of aromatic nitrogens is 3. The van der Waals surface area contributed by atoms with E-state index in [-0.39, 0.29) is 0 Å². The first-order valence-electron chi connectivity index (χ1n) is 11.7. The normalized spacial score (nSPS) is 15.5. The van der Waals surface area contributed by atoms with Gasteiger partial charge in [-0.1, -0.05) is 6.07 Å². The van der Waals surface area contributed by atoms with Crippen molar-refractivity contribution in [2.75, 3.05) is 38.2 Å². The summed E-state index contributed by atoms with van der Waals surface area (Å²) >= 11 is 0. The number of likely N-dealkylation sites (tertiary alicyclic amines) is 1. The lowest BCUT2D eigenvalue weighted by molar-refractivity contribution is 0.238. The fraction of sp³-hybridized carbons (Fsp3) is 0.308. The van der Waals surface area contributed by atoms with Gasteiger partial charge >= 0.3 is 0 Å². The molecule has 2 aliphatic rings. The van der Waals surface area contributed by atoms with Crippen LogP contribution in [0.3, 0.4) is 0 Å². The number of hydrogen-bond donors (Lipinski definition) is 1. The van der Waals surface area contributed by atoms with Gasteiger partial charge in [-0.3, -0.25) is 4.90 Å². The number of anilines is 2. The Kier molecular flexibility index (Phi) is 5.32. The summed E-state index contributed by atoms with van der Waals surface area (Å²) in [6.07, 6.45) is 3.56. The fourth-order valence-corrected chi connectivity index (χ4v) is 4.59. The van der Waals surface area contributed by atoms with Gasteiger partial charge in [-0.25, -0.2) is 4.52 Å². The highest BCUT2D eigenvalue weighted by Gasteiger charge is 2.15. The van der Waals surface area contributed by atoms with Gasteiger partial charge in [0.15, 0.2) is 5.65 Å². The van der Waals surface area contributed by atoms with E-state index in [2.05, 4.69) is 33.4 Å². The lowest BCUT2D eigenvalue weighted by atomic mass is 10.1. The van der Waals surface area contributed by atoms with E-state index < -0.39 is 0 Å². The summed E-state index contributed by atoms with van der Waals surface area (Å²) in [5, 5.41) is 8.04. The molecule has 7 heteroatoms. The molecule has 2 aliphatic heterocycles. The van der Waals surface area contributed by atoms with Gasteiger partial charge in [0, 0.05) is 24.2 Å². The Balaban J connectivity index is 1.16. The first-order valence-corrected chi connectivity index (χ1v) is 11.7. The van der Waals surface area contributed by atoms with Crippen molar-refractivity contribution in [3.63, 3.8) is 0 Å². The van der Waals surface area contributed by atoms with E-state index in [1.807, 2.05) is 47.0 Å². The Labute approximate surface area is 193 Å². The molecular weight excluding hydrogens is 414 g/mol. The topological polar surface area (TPSA) is 63.9 Å². The summed E-state index contributed by atoms with van der Waals surface area (Å²) in [5.74, 6) is 2.43. The number of nitrogens with one attached hydrogen (secondary N) is 1. The van der Waals surface area contributed by atoms with Gasteiger partial charge in [0.25, 0.3) is 0 Å². The van der Waals surface area contributed by atoms with Gasteiger partial charge in [0.2, 0.25) is 5.95 Å². The molecule has 0 bridgehead atoms. The average Bonchev–Trinajstić information content (AvgIpc) is 3.60. The van der Waals surface area contributed by atoms with Crippen LogP contribution in [-0.2, 0) is 6.42 Å². The number of nitrogens with zero attached hydrogens (tertiary/aromatic N) is 4. The Morgan fingerprint density at radius 2 is 1.88 bits per heavy atom. The minimum absolute atomic E-state index is 0.564. The van der Waals surface area contributed by atoms with E-state index in [1.54, 1.807) is 0 Å². The highest BCUT2D eigenvalue weighted by molar-refractivity contribution is 5.67. The molecule has 0 radical (unpaired) electrons. The first kappa shape index (κ1) is 20.1. The molecule has 2 aromatic heterocycles. The number of hydrogen-bond acceptors (Lipinski definition) is 6. The second-order valence-electron chi connectivity index (χ2n) is 8.58. The lowest BCUT2D eigenvalue weighted by Gasteiger charge is -2.15. The SMILES string of the molecule is c1cc(-c2ccc3c(c2)CCO3)n2nc(Nc3ccc(OCCN4CCCC4)cc3)nc2c1. The molecule has 6 rings (SSSR count). The molecule has 7 nitrogen and oxygen atoms in total. The Morgan fingerprint density at radius 1 is 1.00 bits per heavy atom. The van der Waals surface area contributed by atoms with Crippen LogP contribution < -0.4 is 14.8 Å². The molecule has 4 heterocycles. The Bertz CT molecular complexity index is 1260. The zero-order valence-corrected chi connectivity index (χ0v) is 18.5. The van der Waals surface area contributed by atoms with Crippen LogP contribution in [0.25, 0.3) is 16.9 Å². The number of ether oxygens (including phenoxy) is 2. The monoisotopic (exact) mass is 441 g/mol. The van der Waals surface area contributed by atoms with Crippen molar-refractivity contribution in [2.24, 2.45) is 0 Å². The molecular formula is C26H27N5O2. The molecule has 1 N–H and O–H groups in total. The van der Waals surface area contributed by atoms with Gasteiger partial charge in [0.1, 0.15) is 18.1 Å². The minimum Gasteiger partial charge on any atom is -0.493 e. The second-order valence-corrected chi connectivity index (χ2v) is 8.58. The maximum absolute atomic E-state index is 5.90. The number of rotatable bonds is 7. The Morgan fingerprint density at radius 3 is 2.76 bits per heavy atom. The van der Waals surface area contributed by atoms with Crippen LogP contribution in [0, 0.1) is 0 Å². The number of benzene rings is 2. The van der Waals surface area contributed by atoms with Gasteiger partial charge in [-0.15, -0.1) is 5.10 Å². The van der Waals surface area contributed by atoms with Crippen LogP contribution in [0.5, 0.6) is 11.5 Å². The third-order valence-electron chi connectivity index (χ3n) is 6.33. The highest BCUT2D eigenvalue weighted by atomic mass is 16.5. The molecule has 1 fully saturated rings. The molecule has 4 aromatic rings. The third-order valence-corrected chi connectivity index (χ3v) is 6.33. The number of fused-ring (bicyclic) bond motifs is 2. The van der Waals surface area contributed by atoms with Crippen molar-refractivity contribution in [3.05, 3.63) is 66.2 Å². The molecule has 33 heavy (non-hydrogen) atoms. The summed E-state index contributed by atoms with van der Waals surface area (Å²) in [7, 11) is 0. The van der Waals surface area contributed by atoms with E-state index in [0.29, 0.717) is 5.95 Å². The quantitative estimate of drug-likeness (QED) is 0.454. The van der Waals surface area contributed by atoms with Crippen molar-refractivity contribution < 1.29 is 9.47 Å². The predicted octanol–water partition coefficient (Wildman–Crippen LogP) is 4.55. The van der Waals surface area contributed by atoms with Gasteiger partial charge in [-0.05, 0) is 86.1 Å². The second kappa shape index (κ2) is 8.75. The maximum Gasteiger partial charge on any atom is 0.247 e. The maximum atomic E-state index is 5.90. The van der Waals surface area contributed by atoms with E-state index in [0.717, 1.165) is 60.3 Å². The summed E-state index contributed by atoms with van der Waals surface area (Å²) in [5.41, 5.74) is 5.08. The Hall–Kier alpha value is -3.58. The van der Waals surface area contributed by atoms with Crippen LogP contribution in [0.15, 0.2) is 60.7 Å². The largest absolute Gasteiger partial charge is 0.493 e. The summed E-state index contributed by atoms with van der Waals surface area (Å²) < 4.78 is 13.4. The van der Waals surface area contributed by atoms with Gasteiger partial charge in [-0.2, -0.15) is 4.98 Å². The number of pyridine rings is 1. The third kappa shape index (κ3) is 4.24. The van der Waals surface area contributed by atoms with Gasteiger partial charge in [0.05, 0.1) is 12.3 Å². The molecule has 0 amide bonds. The molecule has 1 saturated heterocycles. The molecule has 0 unspecified atom stereocenters. The predicted molar refractivity (Wildman–Crippen MR) is 129 cm³/mol. The summed E-state index contributed by atoms with van der Waals surface area (Å²) in [6.45, 7) is 4.85. The average molecular weight is 442 g/mol. The minimum atomic E-state index is 0.564. The standard InChI is InChI=1S/C26H27N5O2/c1-2-14-30(13-1)15-17-32-22-9-7-21(8-10-22)27-26-28-25-5-3-4-23(31(25)29-26)19-6-11-24-20(18-19)12-16-33-24/h3-11,18H,1-2,12-17H2,(H,27,29). The zero-order chi connectivity index (χ0) is 22.0. The van der Waals surface area contributed by atoms with Crippen molar-refractivity contribution in [1.29, 1.82) is 0 Å². The fourth-order valence-electron chi connectivity index (χ4n) is 4.59. The molecule has 0 aliphatic carbocycles. The molecule has 0 spiro atoms. The zero-order valence-electron chi connectivity index (χ0n) is 18.5. The van der Waals surface area contributed by atoms with Crippen LogP contribution in [0.1, 0.15) is 18.4 Å². The highest BCUT2D eigenvalue weighted by Crippen LogP contribution is 2.31. The van der Waals surface area contributed by atoms with Gasteiger partial charge < -0.3 is 14.8 Å². The van der Waals surface area contributed by atoms with Crippen LogP contribution in [-0.4, -0.2) is 52.3 Å². The molecule has 0 atom stereocenters. The van der Waals surface area contributed by atoms with Crippen molar-refractivity contribution in [3.8, 4) is 22.8 Å². The van der Waals surface area contributed by atoms with Crippen LogP contribution >= 0.6 is 0 Å². The summed E-state index contributed by atoms with van der Waals surface area (Å²) in [6, 6.07) is 20.3. The summed E-state index contributed by atoms with van der Waals surface area (Å²) in [4.78, 5) is 7.12.